The van der Waals surface area contributed by atoms with E-state index in [0.717, 1.165) is 17.2 Å². The van der Waals surface area contributed by atoms with Crippen LogP contribution in [0.3, 0.4) is 0 Å². The van der Waals surface area contributed by atoms with Crippen LogP contribution in [0.1, 0.15) is 63.0 Å². The number of phenolic OH excluding ortho intramolecular Hbond substituents is 1. The number of aromatic hydroxyl groups is 1. The Morgan fingerprint density at radius 3 is 2.03 bits per heavy atom. The maximum absolute atomic E-state index is 13.9. The number of Topliss-reactive ketones (excluding diaryl/α,β-unsaturated/α-hetero) is 1. The van der Waals surface area contributed by atoms with Gasteiger partial charge in [0.15, 0.2) is 0 Å². The van der Waals surface area contributed by atoms with E-state index in [-0.39, 0.29) is 27.7 Å². The Hall–Kier alpha value is -2.95. The van der Waals surface area contributed by atoms with E-state index < -0.39 is 17.5 Å². The van der Waals surface area contributed by atoms with Crippen LogP contribution >= 0.6 is 0 Å². The van der Waals surface area contributed by atoms with Crippen molar-refractivity contribution in [2.24, 2.45) is 0 Å². The Kier molecular flexibility index (Phi) is 6.02. The highest BCUT2D eigenvalue weighted by Gasteiger charge is 2.27. The van der Waals surface area contributed by atoms with Crippen LogP contribution in [0.15, 0.2) is 48.6 Å². The molecule has 0 aliphatic rings. The first-order chi connectivity index (χ1) is 13.2. The topological polar surface area (TPSA) is 66.4 Å². The number of ketones is 1. The first-order valence-corrected chi connectivity index (χ1v) is 9.41. The smallest absolute Gasteiger partial charge is 0.259 e. The van der Waals surface area contributed by atoms with Gasteiger partial charge in [0.05, 0.1) is 11.1 Å². The van der Waals surface area contributed by atoms with Gasteiger partial charge in [-0.15, -0.1) is 0 Å². The molecule has 0 atom stereocenters. The van der Waals surface area contributed by atoms with E-state index in [2.05, 4.69) is 11.9 Å². The van der Waals surface area contributed by atoms with Crippen LogP contribution in [-0.4, -0.2) is 16.8 Å². The summed E-state index contributed by atoms with van der Waals surface area (Å²) in [5, 5.41) is 13.2. The van der Waals surface area contributed by atoms with Gasteiger partial charge < -0.3 is 10.4 Å². The summed E-state index contributed by atoms with van der Waals surface area (Å²) in [6.45, 7) is 15.5. The van der Waals surface area contributed by atoms with Gasteiger partial charge >= 0.3 is 0 Å². The molecule has 2 aromatic rings. The normalized spacial score (nSPS) is 11.8. The summed E-state index contributed by atoms with van der Waals surface area (Å²) >= 11 is 0. The second-order valence-corrected chi connectivity index (χ2v) is 9.16. The van der Waals surface area contributed by atoms with Gasteiger partial charge in [-0.25, -0.2) is 4.39 Å². The lowest BCUT2D eigenvalue weighted by Crippen LogP contribution is -2.24. The van der Waals surface area contributed by atoms with Crippen molar-refractivity contribution in [3.05, 3.63) is 71.1 Å². The van der Waals surface area contributed by atoms with Gasteiger partial charge in [-0.3, -0.25) is 9.59 Å². The number of nitrogens with one attached hydrogen (secondary N) is 1. The molecular weight excluding hydrogens is 369 g/mol. The Morgan fingerprint density at radius 2 is 1.52 bits per heavy atom. The highest BCUT2D eigenvalue weighted by molar-refractivity contribution is 6.28. The van der Waals surface area contributed by atoms with Crippen molar-refractivity contribution < 1.29 is 19.1 Å². The van der Waals surface area contributed by atoms with Crippen LogP contribution in [0.5, 0.6) is 5.75 Å². The highest BCUT2D eigenvalue weighted by Crippen LogP contribution is 2.39. The molecular formula is C24H28FNO3. The lowest BCUT2D eigenvalue weighted by atomic mass is 9.79. The Labute approximate surface area is 171 Å². The van der Waals surface area contributed by atoms with E-state index in [1.54, 1.807) is 0 Å². The number of halogens is 1. The van der Waals surface area contributed by atoms with Crippen LogP contribution in [-0.2, 0) is 15.6 Å². The summed E-state index contributed by atoms with van der Waals surface area (Å²) in [7, 11) is 0. The Morgan fingerprint density at radius 1 is 0.966 bits per heavy atom. The van der Waals surface area contributed by atoms with Gasteiger partial charge in [-0.1, -0.05) is 60.3 Å². The summed E-state index contributed by atoms with van der Waals surface area (Å²) in [5.74, 6) is -2.19. The van der Waals surface area contributed by atoms with E-state index in [4.69, 9.17) is 0 Å². The minimum Gasteiger partial charge on any atom is -0.508 e. The van der Waals surface area contributed by atoms with Crippen LogP contribution in [0.2, 0.25) is 0 Å². The van der Waals surface area contributed by atoms with Crippen LogP contribution < -0.4 is 5.32 Å². The van der Waals surface area contributed by atoms with Crippen LogP contribution in [0, 0.1) is 5.82 Å². The fraction of sp³-hybridized carbons (Fsp3) is 0.333. The van der Waals surface area contributed by atoms with E-state index in [1.165, 1.54) is 24.3 Å². The number of hydrogen-bond donors (Lipinski definition) is 2. The SMILES string of the molecule is C=C(C(=O)Nc1cc(O)c(C(C)(C)C)cc1C(C)(C)C)C(=O)c1ccccc1F. The summed E-state index contributed by atoms with van der Waals surface area (Å²) in [6.07, 6.45) is 0. The van der Waals surface area contributed by atoms with E-state index in [1.807, 2.05) is 47.6 Å². The number of phenols is 1. The fourth-order valence-corrected chi connectivity index (χ4v) is 3.02. The molecule has 154 valence electrons. The molecule has 0 saturated heterocycles. The molecule has 0 spiro atoms. The van der Waals surface area contributed by atoms with Crippen molar-refractivity contribution >= 4 is 17.4 Å². The van der Waals surface area contributed by atoms with Gasteiger partial charge in [0, 0.05) is 11.8 Å². The molecule has 4 nitrogen and oxygen atoms in total. The van der Waals surface area contributed by atoms with Crippen molar-refractivity contribution in [3.8, 4) is 5.75 Å². The molecule has 29 heavy (non-hydrogen) atoms. The Bertz CT molecular complexity index is 979. The third kappa shape index (κ3) is 4.91. The highest BCUT2D eigenvalue weighted by atomic mass is 19.1. The third-order valence-electron chi connectivity index (χ3n) is 4.67. The van der Waals surface area contributed by atoms with Crippen LogP contribution in [0.25, 0.3) is 0 Å². The van der Waals surface area contributed by atoms with Gasteiger partial charge in [-0.2, -0.15) is 0 Å². The Balaban J connectivity index is 2.41. The molecule has 0 aromatic heterocycles. The number of benzene rings is 2. The predicted octanol–water partition coefficient (Wildman–Crippen LogP) is 5.50. The van der Waals surface area contributed by atoms with E-state index >= 15 is 0 Å². The summed E-state index contributed by atoms with van der Waals surface area (Å²) in [5.41, 5.74) is 0.713. The van der Waals surface area contributed by atoms with Gasteiger partial charge in [-0.05, 0) is 40.2 Å². The van der Waals surface area contributed by atoms with Crippen LogP contribution in [0.4, 0.5) is 10.1 Å². The largest absolute Gasteiger partial charge is 0.508 e. The van der Waals surface area contributed by atoms with Crippen molar-refractivity contribution in [3.63, 3.8) is 0 Å². The number of carbonyl (C=O) groups excluding carboxylic acids is 2. The zero-order valence-electron chi connectivity index (χ0n) is 17.8. The monoisotopic (exact) mass is 397 g/mol. The van der Waals surface area contributed by atoms with Gasteiger partial charge in [0.2, 0.25) is 5.78 Å². The predicted molar refractivity (Wildman–Crippen MR) is 114 cm³/mol. The molecule has 0 aliphatic heterocycles. The molecule has 0 fully saturated rings. The molecule has 2 rings (SSSR count). The molecule has 0 saturated carbocycles. The lowest BCUT2D eigenvalue weighted by Gasteiger charge is -2.28. The summed E-state index contributed by atoms with van der Waals surface area (Å²) < 4.78 is 13.9. The second-order valence-electron chi connectivity index (χ2n) is 9.16. The molecule has 0 aliphatic carbocycles. The van der Waals surface area contributed by atoms with Gasteiger partial charge in [0.1, 0.15) is 11.6 Å². The third-order valence-corrected chi connectivity index (χ3v) is 4.67. The number of amides is 1. The second kappa shape index (κ2) is 7.82. The maximum atomic E-state index is 13.9. The average molecular weight is 397 g/mol. The summed E-state index contributed by atoms with van der Waals surface area (Å²) in [6, 6.07) is 8.79. The fourth-order valence-electron chi connectivity index (χ4n) is 3.02. The minimum atomic E-state index is -0.784. The van der Waals surface area contributed by atoms with E-state index in [9.17, 15) is 19.1 Å². The molecule has 0 heterocycles. The zero-order valence-corrected chi connectivity index (χ0v) is 17.8. The quantitative estimate of drug-likeness (QED) is 0.310. The first kappa shape index (κ1) is 22.3. The summed E-state index contributed by atoms with van der Waals surface area (Å²) in [4.78, 5) is 25.2. The first-order valence-electron chi connectivity index (χ1n) is 9.41. The van der Waals surface area contributed by atoms with Crippen molar-refractivity contribution in [2.45, 2.75) is 52.4 Å². The molecule has 5 heteroatoms. The number of hydrogen-bond acceptors (Lipinski definition) is 3. The zero-order chi connectivity index (χ0) is 22.1. The van der Waals surface area contributed by atoms with Crippen molar-refractivity contribution in [1.82, 2.24) is 0 Å². The molecule has 0 unspecified atom stereocenters. The number of anilines is 1. The molecule has 0 bridgehead atoms. The maximum Gasteiger partial charge on any atom is 0.259 e. The number of rotatable bonds is 4. The van der Waals surface area contributed by atoms with Crippen molar-refractivity contribution in [1.29, 1.82) is 0 Å². The van der Waals surface area contributed by atoms with E-state index in [0.29, 0.717) is 5.69 Å². The molecule has 2 N–H and O–H groups in total. The average Bonchev–Trinajstić information content (AvgIpc) is 2.58. The molecule has 2 aromatic carbocycles. The van der Waals surface area contributed by atoms with Gasteiger partial charge in [0.25, 0.3) is 5.91 Å². The minimum absolute atomic E-state index is 0.0480. The molecule has 0 radical (unpaired) electrons. The lowest BCUT2D eigenvalue weighted by molar-refractivity contribution is -0.112. The van der Waals surface area contributed by atoms with Crippen molar-refractivity contribution in [2.75, 3.05) is 5.32 Å². The molecule has 1 amide bonds. The number of carbonyl (C=O) groups is 2. The standard InChI is InChI=1S/C24H28FNO3/c1-14(21(28)15-10-8-9-11-18(15)25)22(29)26-19-13-20(27)17(24(5,6)7)12-16(19)23(2,3)4/h8-13,27H,1H2,2-7H3,(H,26,29).